The maximum Gasteiger partial charge on any atom is 0.129 e. The highest BCUT2D eigenvalue weighted by molar-refractivity contribution is 5.51. The second kappa shape index (κ2) is 3.96. The molecule has 0 aliphatic carbocycles. The average Bonchev–Trinajstić information content (AvgIpc) is 2.15. The minimum absolute atomic E-state index is 0.0927. The first-order valence-corrected chi connectivity index (χ1v) is 4.45. The monoisotopic (exact) mass is 213 g/mol. The second-order valence-corrected chi connectivity index (χ2v) is 3.50. The largest absolute Gasteiger partial charge is 0.508 e. The molecule has 0 saturated carbocycles. The van der Waals surface area contributed by atoms with E-state index in [1.54, 1.807) is 6.92 Å². The fourth-order valence-electron chi connectivity index (χ4n) is 1.43. The summed E-state index contributed by atoms with van der Waals surface area (Å²) in [6.07, 6.45) is 0. The van der Waals surface area contributed by atoms with Gasteiger partial charge in [0.25, 0.3) is 0 Å². The molecule has 0 bridgehead atoms. The van der Waals surface area contributed by atoms with Crippen LogP contribution in [-0.4, -0.2) is 29.0 Å². The smallest absolute Gasteiger partial charge is 0.129 e. The van der Waals surface area contributed by atoms with E-state index in [9.17, 15) is 10.2 Å². The van der Waals surface area contributed by atoms with Crippen molar-refractivity contribution < 1.29 is 20.1 Å². The van der Waals surface area contributed by atoms with Gasteiger partial charge in [0.2, 0.25) is 0 Å². The molecule has 1 aromatic rings. The van der Waals surface area contributed by atoms with Crippen LogP contribution in [0, 0.1) is 0 Å². The summed E-state index contributed by atoms with van der Waals surface area (Å²) < 4.78 is 5.15. The van der Waals surface area contributed by atoms with Gasteiger partial charge in [0.05, 0.1) is 5.56 Å². The molecule has 1 atom stereocenters. The van der Waals surface area contributed by atoms with Gasteiger partial charge in [-0.2, -0.15) is 0 Å². The normalized spacial score (nSPS) is 14.9. The van der Waals surface area contributed by atoms with Crippen molar-refractivity contribution in [1.29, 1.82) is 0 Å². The lowest BCUT2D eigenvalue weighted by atomic mass is 9.93. The van der Waals surface area contributed by atoms with Crippen molar-refractivity contribution >= 4 is 0 Å². The van der Waals surface area contributed by atoms with Crippen molar-refractivity contribution in [3.8, 4) is 17.2 Å². The Morgan fingerprint density at radius 3 is 2.07 bits per heavy atom. The summed E-state index contributed by atoms with van der Waals surface area (Å²) in [5.74, 6) is -0.714. The first kappa shape index (κ1) is 11.6. The Balaban J connectivity index is 3.36. The molecule has 15 heavy (non-hydrogen) atoms. The van der Waals surface area contributed by atoms with E-state index in [1.165, 1.54) is 7.11 Å². The highest BCUT2D eigenvalue weighted by Crippen LogP contribution is 2.40. The zero-order valence-electron chi connectivity index (χ0n) is 8.69. The number of hydrogen-bond donors (Lipinski definition) is 4. The Kier molecular flexibility index (Phi) is 3.06. The molecule has 84 valence electrons. The van der Waals surface area contributed by atoms with Crippen LogP contribution < -0.4 is 5.73 Å². The van der Waals surface area contributed by atoms with Crippen LogP contribution in [0.1, 0.15) is 12.5 Å². The molecule has 0 radical (unpaired) electrons. The SMILES string of the molecule is COC(C)(CN)c1c(O)cc(O)cc1O. The molecule has 1 unspecified atom stereocenters. The quantitative estimate of drug-likeness (QED) is 0.590. The van der Waals surface area contributed by atoms with Crippen molar-refractivity contribution in [2.45, 2.75) is 12.5 Å². The first-order valence-electron chi connectivity index (χ1n) is 4.45. The lowest BCUT2D eigenvalue weighted by Gasteiger charge is -2.28. The van der Waals surface area contributed by atoms with Crippen molar-refractivity contribution in [2.24, 2.45) is 5.73 Å². The highest BCUT2D eigenvalue weighted by atomic mass is 16.5. The van der Waals surface area contributed by atoms with Crippen LogP contribution in [0.2, 0.25) is 0 Å². The van der Waals surface area contributed by atoms with Crippen LogP contribution in [0.3, 0.4) is 0 Å². The molecule has 0 aromatic heterocycles. The molecular formula is C10H15NO4. The third-order valence-corrected chi connectivity index (χ3v) is 2.45. The molecule has 0 aliphatic rings. The molecule has 1 rings (SSSR count). The van der Waals surface area contributed by atoms with Gasteiger partial charge in [-0.05, 0) is 6.92 Å². The van der Waals surface area contributed by atoms with Gasteiger partial charge < -0.3 is 25.8 Å². The van der Waals surface area contributed by atoms with E-state index in [2.05, 4.69) is 0 Å². The number of benzene rings is 1. The van der Waals surface area contributed by atoms with E-state index in [-0.39, 0.29) is 29.4 Å². The minimum Gasteiger partial charge on any atom is -0.508 e. The summed E-state index contributed by atoms with van der Waals surface area (Å²) >= 11 is 0. The predicted octanol–water partition coefficient (Wildman–Crippen LogP) is 0.624. The summed E-state index contributed by atoms with van der Waals surface area (Å²) in [6.45, 7) is 1.73. The summed E-state index contributed by atoms with van der Waals surface area (Å²) in [4.78, 5) is 0. The molecule has 0 heterocycles. The number of ether oxygens (including phenoxy) is 1. The summed E-state index contributed by atoms with van der Waals surface area (Å²) in [6, 6.07) is 2.25. The summed E-state index contributed by atoms with van der Waals surface area (Å²) in [5, 5.41) is 28.4. The fourth-order valence-corrected chi connectivity index (χ4v) is 1.43. The van der Waals surface area contributed by atoms with Crippen molar-refractivity contribution in [2.75, 3.05) is 13.7 Å². The van der Waals surface area contributed by atoms with Gasteiger partial charge >= 0.3 is 0 Å². The number of rotatable bonds is 3. The van der Waals surface area contributed by atoms with Crippen LogP contribution in [0.15, 0.2) is 12.1 Å². The van der Waals surface area contributed by atoms with Crippen LogP contribution in [-0.2, 0) is 10.3 Å². The van der Waals surface area contributed by atoms with Crippen molar-refractivity contribution in [1.82, 2.24) is 0 Å². The second-order valence-electron chi connectivity index (χ2n) is 3.50. The summed E-state index contributed by atoms with van der Waals surface area (Å²) in [7, 11) is 1.43. The van der Waals surface area contributed by atoms with Crippen LogP contribution in [0.5, 0.6) is 17.2 Å². The standard InChI is InChI=1S/C10H15NO4/c1-10(5-11,15-2)9-7(13)3-6(12)4-8(9)14/h3-4,12-14H,5,11H2,1-2H3. The summed E-state index contributed by atoms with van der Waals surface area (Å²) in [5.41, 5.74) is 4.70. The van der Waals surface area contributed by atoms with E-state index in [1.807, 2.05) is 0 Å². The molecule has 0 fully saturated rings. The molecule has 1 aromatic carbocycles. The molecular weight excluding hydrogens is 198 g/mol. The predicted molar refractivity (Wildman–Crippen MR) is 54.9 cm³/mol. The molecule has 5 nitrogen and oxygen atoms in total. The Bertz CT molecular complexity index is 337. The zero-order chi connectivity index (χ0) is 11.6. The lowest BCUT2D eigenvalue weighted by Crippen LogP contribution is -2.33. The Hall–Kier alpha value is -1.46. The third-order valence-electron chi connectivity index (χ3n) is 2.45. The third kappa shape index (κ3) is 1.98. The lowest BCUT2D eigenvalue weighted by molar-refractivity contribution is 0.00636. The van der Waals surface area contributed by atoms with E-state index in [0.29, 0.717) is 0 Å². The van der Waals surface area contributed by atoms with E-state index in [4.69, 9.17) is 15.6 Å². The van der Waals surface area contributed by atoms with Crippen molar-refractivity contribution in [3.05, 3.63) is 17.7 Å². The van der Waals surface area contributed by atoms with E-state index >= 15 is 0 Å². The van der Waals surface area contributed by atoms with Gasteiger partial charge in [0.15, 0.2) is 0 Å². The Labute approximate surface area is 87.7 Å². The number of hydrogen-bond acceptors (Lipinski definition) is 5. The van der Waals surface area contributed by atoms with Gasteiger partial charge in [-0.3, -0.25) is 0 Å². The zero-order valence-corrected chi connectivity index (χ0v) is 8.69. The maximum atomic E-state index is 9.61. The molecule has 0 amide bonds. The molecule has 0 saturated heterocycles. The molecule has 5 N–H and O–H groups in total. The van der Waals surface area contributed by atoms with Gasteiger partial charge in [0, 0.05) is 25.8 Å². The van der Waals surface area contributed by atoms with E-state index in [0.717, 1.165) is 12.1 Å². The maximum absolute atomic E-state index is 9.61. The van der Waals surface area contributed by atoms with E-state index < -0.39 is 5.60 Å². The number of nitrogens with two attached hydrogens (primary N) is 1. The average molecular weight is 213 g/mol. The molecule has 0 spiro atoms. The van der Waals surface area contributed by atoms with Crippen LogP contribution in [0.25, 0.3) is 0 Å². The number of aromatic hydroxyl groups is 3. The van der Waals surface area contributed by atoms with Gasteiger partial charge in [-0.15, -0.1) is 0 Å². The first-order chi connectivity index (χ1) is 6.94. The highest BCUT2D eigenvalue weighted by Gasteiger charge is 2.31. The number of methoxy groups -OCH3 is 1. The Morgan fingerprint density at radius 1 is 1.27 bits per heavy atom. The van der Waals surface area contributed by atoms with Crippen LogP contribution in [0.4, 0.5) is 0 Å². The van der Waals surface area contributed by atoms with Gasteiger partial charge in [-0.25, -0.2) is 0 Å². The van der Waals surface area contributed by atoms with Crippen LogP contribution >= 0.6 is 0 Å². The fraction of sp³-hybridized carbons (Fsp3) is 0.400. The van der Waals surface area contributed by atoms with Gasteiger partial charge in [-0.1, -0.05) is 0 Å². The number of phenols is 3. The Morgan fingerprint density at radius 2 is 1.73 bits per heavy atom. The molecule has 0 aliphatic heterocycles. The van der Waals surface area contributed by atoms with Crippen molar-refractivity contribution in [3.63, 3.8) is 0 Å². The molecule has 5 heteroatoms. The minimum atomic E-state index is -0.984. The topological polar surface area (TPSA) is 95.9 Å². The van der Waals surface area contributed by atoms with Gasteiger partial charge in [0.1, 0.15) is 22.8 Å². The number of phenolic OH excluding ortho intramolecular Hbond substituents is 3.